The minimum atomic E-state index is -0.345. The molecule has 0 aliphatic rings. The largest absolute Gasteiger partial charge is 0.496 e. The number of carbonyl (C=O) groups excluding carboxylic acids is 1. The molecule has 0 spiro atoms. The minimum Gasteiger partial charge on any atom is -0.496 e. The summed E-state index contributed by atoms with van der Waals surface area (Å²) in [5.41, 5.74) is 2.31. The van der Waals surface area contributed by atoms with Gasteiger partial charge in [-0.25, -0.2) is 4.79 Å². The number of benzene rings is 2. The van der Waals surface area contributed by atoms with Crippen molar-refractivity contribution in [2.75, 3.05) is 14.2 Å². The Kier molecular flexibility index (Phi) is 3.74. The van der Waals surface area contributed by atoms with Gasteiger partial charge in [0.1, 0.15) is 5.75 Å². The van der Waals surface area contributed by atoms with Gasteiger partial charge < -0.3 is 9.47 Å². The molecular weight excluding hydrogens is 278 g/mol. The highest BCUT2D eigenvalue weighted by Gasteiger charge is 2.07. The van der Waals surface area contributed by atoms with Crippen LogP contribution < -0.4 is 4.74 Å². The number of carbonyl (C=O) groups is 1. The first-order valence-corrected chi connectivity index (χ1v) is 6.84. The third kappa shape index (κ3) is 2.51. The zero-order valence-electron chi connectivity index (χ0n) is 12.4. The highest BCUT2D eigenvalue weighted by Crippen LogP contribution is 2.28. The molecule has 0 radical (unpaired) electrons. The summed E-state index contributed by atoms with van der Waals surface area (Å²) in [5.74, 6) is 0.459. The van der Waals surface area contributed by atoms with Crippen LogP contribution in [0.15, 0.2) is 54.7 Å². The smallest absolute Gasteiger partial charge is 0.337 e. The number of aromatic nitrogens is 1. The molecule has 1 heterocycles. The second-order valence-electron chi connectivity index (χ2n) is 4.82. The zero-order chi connectivity index (χ0) is 15.5. The van der Waals surface area contributed by atoms with Crippen LogP contribution in [0.4, 0.5) is 0 Å². The topological polar surface area (TPSA) is 48.4 Å². The molecule has 0 fully saturated rings. The van der Waals surface area contributed by atoms with Gasteiger partial charge in [-0.1, -0.05) is 24.3 Å². The molecule has 0 bridgehead atoms. The summed E-state index contributed by atoms with van der Waals surface area (Å²) in [6, 6.07) is 15.1. The predicted molar refractivity (Wildman–Crippen MR) is 85.1 cm³/mol. The molecule has 0 aliphatic carbocycles. The molecule has 110 valence electrons. The van der Waals surface area contributed by atoms with Crippen LogP contribution in [0.2, 0.25) is 0 Å². The summed E-state index contributed by atoms with van der Waals surface area (Å²) in [4.78, 5) is 15.9. The van der Waals surface area contributed by atoms with Crippen molar-refractivity contribution in [3.8, 4) is 17.0 Å². The Morgan fingerprint density at radius 3 is 2.50 bits per heavy atom. The monoisotopic (exact) mass is 293 g/mol. The number of pyridine rings is 1. The van der Waals surface area contributed by atoms with E-state index in [4.69, 9.17) is 9.47 Å². The fraction of sp³-hybridized carbons (Fsp3) is 0.111. The summed E-state index contributed by atoms with van der Waals surface area (Å²) >= 11 is 0. The van der Waals surface area contributed by atoms with E-state index in [0.29, 0.717) is 5.56 Å². The lowest BCUT2D eigenvalue weighted by molar-refractivity contribution is 0.0601. The Balaban J connectivity index is 2.01. The van der Waals surface area contributed by atoms with Crippen LogP contribution in [0.5, 0.6) is 5.75 Å². The van der Waals surface area contributed by atoms with Crippen molar-refractivity contribution >= 4 is 16.7 Å². The van der Waals surface area contributed by atoms with E-state index in [1.165, 1.54) is 7.11 Å². The first kappa shape index (κ1) is 14.1. The lowest BCUT2D eigenvalue weighted by Gasteiger charge is -2.07. The van der Waals surface area contributed by atoms with Crippen molar-refractivity contribution in [2.24, 2.45) is 0 Å². The number of ether oxygens (including phenoxy) is 2. The Hall–Kier alpha value is -2.88. The van der Waals surface area contributed by atoms with Gasteiger partial charge in [-0.05, 0) is 29.7 Å². The van der Waals surface area contributed by atoms with E-state index in [1.807, 2.05) is 36.4 Å². The van der Waals surface area contributed by atoms with Crippen molar-refractivity contribution in [2.45, 2.75) is 0 Å². The molecule has 0 aliphatic heterocycles. The van der Waals surface area contributed by atoms with E-state index >= 15 is 0 Å². The number of esters is 1. The van der Waals surface area contributed by atoms with Crippen LogP contribution >= 0.6 is 0 Å². The van der Waals surface area contributed by atoms with Gasteiger partial charge >= 0.3 is 5.97 Å². The van der Waals surface area contributed by atoms with Gasteiger partial charge in [0.15, 0.2) is 0 Å². The number of nitrogens with zero attached hydrogens (tertiary/aromatic N) is 1. The maximum atomic E-state index is 11.5. The van der Waals surface area contributed by atoms with Crippen LogP contribution in [0.3, 0.4) is 0 Å². The van der Waals surface area contributed by atoms with Gasteiger partial charge in [0.05, 0.1) is 25.5 Å². The van der Waals surface area contributed by atoms with Crippen LogP contribution in [0.25, 0.3) is 22.0 Å². The molecule has 22 heavy (non-hydrogen) atoms. The van der Waals surface area contributed by atoms with Crippen molar-refractivity contribution < 1.29 is 14.3 Å². The van der Waals surface area contributed by atoms with Crippen LogP contribution in [-0.2, 0) is 4.74 Å². The molecule has 0 unspecified atom stereocenters. The molecule has 2 aromatic carbocycles. The van der Waals surface area contributed by atoms with Crippen molar-refractivity contribution in [1.29, 1.82) is 0 Å². The van der Waals surface area contributed by atoms with E-state index in [0.717, 1.165) is 27.8 Å². The summed E-state index contributed by atoms with van der Waals surface area (Å²) in [5, 5.41) is 2.03. The summed E-state index contributed by atoms with van der Waals surface area (Å²) in [6.07, 6.45) is 1.80. The van der Waals surface area contributed by atoms with Gasteiger partial charge in [-0.3, -0.25) is 4.98 Å². The molecule has 0 saturated heterocycles. The quantitative estimate of drug-likeness (QED) is 0.691. The maximum Gasteiger partial charge on any atom is 0.337 e. The zero-order valence-corrected chi connectivity index (χ0v) is 12.4. The summed E-state index contributed by atoms with van der Waals surface area (Å²) in [7, 11) is 3.02. The van der Waals surface area contributed by atoms with Gasteiger partial charge in [0, 0.05) is 17.1 Å². The van der Waals surface area contributed by atoms with Crippen molar-refractivity contribution in [1.82, 2.24) is 4.98 Å². The Morgan fingerprint density at radius 2 is 1.82 bits per heavy atom. The van der Waals surface area contributed by atoms with Gasteiger partial charge in [0.2, 0.25) is 0 Å². The number of methoxy groups -OCH3 is 2. The first-order valence-electron chi connectivity index (χ1n) is 6.84. The molecule has 1 aromatic heterocycles. The van der Waals surface area contributed by atoms with Crippen LogP contribution in [0, 0.1) is 0 Å². The molecule has 0 saturated carbocycles. The van der Waals surface area contributed by atoms with Gasteiger partial charge in [0.25, 0.3) is 0 Å². The SMILES string of the molecule is COC(=O)c1ccc(-c2cc3cccc(OC)c3cn2)cc1. The van der Waals surface area contributed by atoms with E-state index in [-0.39, 0.29) is 5.97 Å². The van der Waals surface area contributed by atoms with E-state index in [2.05, 4.69) is 4.98 Å². The normalized spacial score (nSPS) is 10.5. The molecule has 3 rings (SSSR count). The molecule has 0 amide bonds. The van der Waals surface area contributed by atoms with E-state index < -0.39 is 0 Å². The number of hydrogen-bond donors (Lipinski definition) is 0. The molecule has 0 atom stereocenters. The predicted octanol–water partition coefficient (Wildman–Crippen LogP) is 3.70. The third-order valence-corrected chi connectivity index (χ3v) is 3.55. The van der Waals surface area contributed by atoms with Crippen LogP contribution in [-0.4, -0.2) is 25.2 Å². The highest BCUT2D eigenvalue weighted by molar-refractivity contribution is 5.91. The first-order chi connectivity index (χ1) is 10.7. The molecule has 3 aromatic rings. The van der Waals surface area contributed by atoms with Gasteiger partial charge in [-0.2, -0.15) is 0 Å². The molecule has 4 heteroatoms. The molecule has 4 nitrogen and oxygen atoms in total. The van der Waals surface area contributed by atoms with Crippen molar-refractivity contribution in [3.63, 3.8) is 0 Å². The Morgan fingerprint density at radius 1 is 1.05 bits per heavy atom. The fourth-order valence-electron chi connectivity index (χ4n) is 2.37. The number of hydrogen-bond acceptors (Lipinski definition) is 4. The Labute approximate surface area is 128 Å². The number of fused-ring (bicyclic) bond motifs is 1. The maximum absolute atomic E-state index is 11.5. The highest BCUT2D eigenvalue weighted by atomic mass is 16.5. The number of rotatable bonds is 3. The minimum absolute atomic E-state index is 0.345. The summed E-state index contributed by atoms with van der Waals surface area (Å²) in [6.45, 7) is 0. The van der Waals surface area contributed by atoms with Crippen LogP contribution in [0.1, 0.15) is 10.4 Å². The van der Waals surface area contributed by atoms with E-state index in [1.54, 1.807) is 25.4 Å². The molecule has 0 N–H and O–H groups in total. The Bertz CT molecular complexity index is 825. The average Bonchev–Trinajstić information content (AvgIpc) is 2.60. The fourth-order valence-corrected chi connectivity index (χ4v) is 2.37. The second-order valence-corrected chi connectivity index (χ2v) is 4.82. The van der Waals surface area contributed by atoms with Crippen molar-refractivity contribution in [3.05, 3.63) is 60.3 Å². The standard InChI is InChI=1S/C18H15NO3/c1-21-17-5-3-4-14-10-16(19-11-15(14)17)12-6-8-13(9-7-12)18(20)22-2/h3-11H,1-2H3. The van der Waals surface area contributed by atoms with Gasteiger partial charge in [-0.15, -0.1) is 0 Å². The lowest BCUT2D eigenvalue weighted by atomic mass is 10.1. The lowest BCUT2D eigenvalue weighted by Crippen LogP contribution is -2.00. The third-order valence-electron chi connectivity index (χ3n) is 3.55. The molecular formula is C18H15NO3. The second kappa shape index (κ2) is 5.85. The van der Waals surface area contributed by atoms with E-state index in [9.17, 15) is 4.79 Å². The average molecular weight is 293 g/mol. The summed E-state index contributed by atoms with van der Waals surface area (Å²) < 4.78 is 10.0.